The second-order valence-corrected chi connectivity index (χ2v) is 5.20. The molecule has 1 aromatic heterocycles. The number of benzene rings is 1. The van der Waals surface area contributed by atoms with Crippen molar-refractivity contribution in [3.8, 4) is 5.75 Å². The number of halogens is 2. The second-order valence-electron chi connectivity index (χ2n) is 2.36. The molecule has 62 valence electrons. The van der Waals surface area contributed by atoms with Gasteiger partial charge in [0.1, 0.15) is 5.75 Å². The van der Waals surface area contributed by atoms with E-state index in [-0.39, 0.29) is 5.75 Å². The molecule has 1 nitrogen and oxygen atoms in total. The van der Waals surface area contributed by atoms with Crippen molar-refractivity contribution in [3.05, 3.63) is 27.0 Å². The number of phenolic OH excluding ortho intramolecular Hbond substituents is 1. The second kappa shape index (κ2) is 2.91. The maximum absolute atomic E-state index is 9.44. The average Bonchev–Trinajstić information content (AvgIpc) is 2.41. The van der Waals surface area contributed by atoms with Crippen molar-refractivity contribution in [2.45, 2.75) is 0 Å². The van der Waals surface area contributed by atoms with E-state index in [1.165, 1.54) is 11.3 Å². The van der Waals surface area contributed by atoms with E-state index in [1.807, 2.05) is 6.07 Å². The highest BCUT2D eigenvalue weighted by Crippen LogP contribution is 2.39. The molecule has 0 bridgehead atoms. The Morgan fingerprint density at radius 1 is 1.42 bits per heavy atom. The summed E-state index contributed by atoms with van der Waals surface area (Å²) in [6.07, 6.45) is 0. The normalized spacial score (nSPS) is 10.8. The van der Waals surface area contributed by atoms with Gasteiger partial charge in [-0.1, -0.05) is 11.6 Å². The lowest BCUT2D eigenvalue weighted by atomic mass is 10.2. The van der Waals surface area contributed by atoms with Crippen molar-refractivity contribution in [2.24, 2.45) is 0 Å². The van der Waals surface area contributed by atoms with E-state index in [2.05, 4.69) is 15.9 Å². The number of hydrogen-bond acceptors (Lipinski definition) is 2. The molecular weight excluding hydrogens is 260 g/mol. The zero-order valence-corrected chi connectivity index (χ0v) is 9.00. The lowest BCUT2D eigenvalue weighted by Gasteiger charge is -1.94. The van der Waals surface area contributed by atoms with Gasteiger partial charge in [-0.05, 0) is 34.1 Å². The van der Waals surface area contributed by atoms with Gasteiger partial charge in [-0.3, -0.25) is 0 Å². The fraction of sp³-hybridized carbons (Fsp3) is 0. The van der Waals surface area contributed by atoms with Crippen molar-refractivity contribution in [3.63, 3.8) is 0 Å². The van der Waals surface area contributed by atoms with Gasteiger partial charge >= 0.3 is 0 Å². The van der Waals surface area contributed by atoms with Gasteiger partial charge in [0.15, 0.2) is 0 Å². The highest BCUT2D eigenvalue weighted by molar-refractivity contribution is 9.11. The molecule has 4 heteroatoms. The van der Waals surface area contributed by atoms with Crippen LogP contribution < -0.4 is 0 Å². The third-order valence-electron chi connectivity index (χ3n) is 1.58. The topological polar surface area (TPSA) is 20.2 Å². The van der Waals surface area contributed by atoms with Crippen molar-refractivity contribution < 1.29 is 5.11 Å². The third-order valence-corrected chi connectivity index (χ3v) is 3.57. The Balaban J connectivity index is 2.93. The van der Waals surface area contributed by atoms with Crippen LogP contribution in [0, 0.1) is 0 Å². The maximum Gasteiger partial charge on any atom is 0.133 e. The number of thiophene rings is 1. The Bertz CT molecular complexity index is 399. The monoisotopic (exact) mass is 262 g/mol. The first-order valence-electron chi connectivity index (χ1n) is 3.25. The summed E-state index contributed by atoms with van der Waals surface area (Å²) in [5.74, 6) is 0.283. The summed E-state index contributed by atoms with van der Waals surface area (Å²) in [6, 6.07) is 5.20. The van der Waals surface area contributed by atoms with Crippen LogP contribution in [0.4, 0.5) is 0 Å². The summed E-state index contributed by atoms with van der Waals surface area (Å²) in [6.45, 7) is 0. The van der Waals surface area contributed by atoms with E-state index in [4.69, 9.17) is 11.6 Å². The fourth-order valence-electron chi connectivity index (χ4n) is 1.05. The van der Waals surface area contributed by atoms with Crippen LogP contribution >= 0.6 is 38.9 Å². The van der Waals surface area contributed by atoms with Gasteiger partial charge in [0.2, 0.25) is 0 Å². The van der Waals surface area contributed by atoms with Crippen LogP contribution in [-0.2, 0) is 0 Å². The van der Waals surface area contributed by atoms with Gasteiger partial charge in [0.05, 0.1) is 8.49 Å². The van der Waals surface area contributed by atoms with E-state index < -0.39 is 0 Å². The molecule has 0 aliphatic rings. The summed E-state index contributed by atoms with van der Waals surface area (Å²) in [7, 11) is 0. The van der Waals surface area contributed by atoms with Gasteiger partial charge < -0.3 is 5.11 Å². The fourth-order valence-corrected chi connectivity index (χ4v) is 2.85. The minimum atomic E-state index is 0.283. The zero-order valence-electron chi connectivity index (χ0n) is 5.84. The smallest absolute Gasteiger partial charge is 0.133 e. The molecule has 0 amide bonds. The molecule has 0 unspecified atom stereocenters. The standard InChI is InChI=1S/C8H4BrClOS/c9-7-3-4-5(10)1-2-6(11)8(4)12-7/h1-3,11H. The Kier molecular flexibility index (Phi) is 2.02. The minimum Gasteiger partial charge on any atom is -0.506 e. The van der Waals surface area contributed by atoms with Crippen LogP contribution in [0.25, 0.3) is 10.1 Å². The molecule has 1 aromatic carbocycles. The number of aromatic hydroxyl groups is 1. The van der Waals surface area contributed by atoms with Gasteiger partial charge in [0, 0.05) is 10.4 Å². The Morgan fingerprint density at radius 2 is 2.17 bits per heavy atom. The molecule has 0 aliphatic carbocycles. The van der Waals surface area contributed by atoms with Gasteiger partial charge in [-0.2, -0.15) is 0 Å². The van der Waals surface area contributed by atoms with Gasteiger partial charge in [-0.15, -0.1) is 11.3 Å². The first-order valence-corrected chi connectivity index (χ1v) is 5.24. The number of hydrogen-bond donors (Lipinski definition) is 1. The van der Waals surface area contributed by atoms with Crippen LogP contribution in [-0.4, -0.2) is 5.11 Å². The minimum absolute atomic E-state index is 0.283. The number of fused-ring (bicyclic) bond motifs is 1. The van der Waals surface area contributed by atoms with Crippen LogP contribution in [0.15, 0.2) is 22.0 Å². The van der Waals surface area contributed by atoms with Crippen molar-refractivity contribution >= 4 is 49.0 Å². The van der Waals surface area contributed by atoms with E-state index in [1.54, 1.807) is 12.1 Å². The molecule has 0 atom stereocenters. The van der Waals surface area contributed by atoms with Crippen molar-refractivity contribution in [1.82, 2.24) is 0 Å². The third kappa shape index (κ3) is 1.22. The Labute approximate surface area is 86.7 Å². The van der Waals surface area contributed by atoms with Gasteiger partial charge in [-0.25, -0.2) is 0 Å². The molecule has 0 saturated carbocycles. The highest BCUT2D eigenvalue weighted by Gasteiger charge is 2.06. The molecular formula is C8H4BrClOS. The van der Waals surface area contributed by atoms with Crippen LogP contribution in [0.5, 0.6) is 5.75 Å². The van der Waals surface area contributed by atoms with Crippen LogP contribution in [0.3, 0.4) is 0 Å². The van der Waals surface area contributed by atoms with E-state index in [0.29, 0.717) is 5.02 Å². The largest absolute Gasteiger partial charge is 0.506 e. The van der Waals surface area contributed by atoms with Gasteiger partial charge in [0.25, 0.3) is 0 Å². The molecule has 0 spiro atoms. The summed E-state index contributed by atoms with van der Waals surface area (Å²) >= 11 is 10.7. The number of rotatable bonds is 0. The lowest BCUT2D eigenvalue weighted by molar-refractivity contribution is 0.482. The summed E-state index contributed by atoms with van der Waals surface area (Å²) in [5.41, 5.74) is 0. The quantitative estimate of drug-likeness (QED) is 0.761. The lowest BCUT2D eigenvalue weighted by Crippen LogP contribution is -1.66. The Hall–Kier alpha value is -0.250. The molecule has 2 aromatic rings. The summed E-state index contributed by atoms with van der Waals surface area (Å²) in [5, 5.41) is 11.0. The van der Waals surface area contributed by atoms with E-state index in [9.17, 15) is 5.11 Å². The molecule has 2 rings (SSSR count). The SMILES string of the molecule is Oc1ccc(Cl)c2cc(Br)sc12. The molecule has 0 aliphatic heterocycles. The zero-order chi connectivity index (χ0) is 8.72. The van der Waals surface area contributed by atoms with Crippen molar-refractivity contribution in [1.29, 1.82) is 0 Å². The molecule has 12 heavy (non-hydrogen) atoms. The molecule has 0 fully saturated rings. The molecule has 0 saturated heterocycles. The number of phenols is 1. The van der Waals surface area contributed by atoms with E-state index in [0.717, 1.165) is 13.9 Å². The van der Waals surface area contributed by atoms with Crippen molar-refractivity contribution in [2.75, 3.05) is 0 Å². The first kappa shape index (κ1) is 8.35. The predicted octanol–water partition coefficient (Wildman–Crippen LogP) is 4.02. The molecule has 1 heterocycles. The maximum atomic E-state index is 9.44. The average molecular weight is 264 g/mol. The summed E-state index contributed by atoms with van der Waals surface area (Å²) in [4.78, 5) is 0. The Morgan fingerprint density at radius 3 is 2.83 bits per heavy atom. The first-order chi connectivity index (χ1) is 5.68. The molecule has 1 N–H and O–H groups in total. The molecule has 0 radical (unpaired) electrons. The summed E-state index contributed by atoms with van der Waals surface area (Å²) < 4.78 is 1.80. The van der Waals surface area contributed by atoms with Crippen LogP contribution in [0.2, 0.25) is 5.02 Å². The highest BCUT2D eigenvalue weighted by atomic mass is 79.9. The predicted molar refractivity (Wildman–Crippen MR) is 56.2 cm³/mol. The van der Waals surface area contributed by atoms with E-state index >= 15 is 0 Å². The van der Waals surface area contributed by atoms with Crippen LogP contribution in [0.1, 0.15) is 0 Å².